The number of carbonyl (C=O) groups is 2. The number of carboxylic acid groups (broad SMARTS) is 2. The molecule has 0 heterocycles. The van der Waals surface area contributed by atoms with Crippen molar-refractivity contribution in [2.45, 2.75) is 32.4 Å². The molecule has 0 aliphatic carbocycles. The summed E-state index contributed by atoms with van der Waals surface area (Å²) in [7, 11) is 0. The molecule has 0 aliphatic heterocycles. The van der Waals surface area contributed by atoms with Crippen molar-refractivity contribution in [2.24, 2.45) is 0 Å². The van der Waals surface area contributed by atoms with Gasteiger partial charge >= 0.3 is 33.0 Å². The topological polar surface area (TPSA) is 122 Å². The van der Waals surface area contributed by atoms with Gasteiger partial charge in [0.25, 0.3) is 0 Å². The van der Waals surface area contributed by atoms with Crippen LogP contribution in [0.3, 0.4) is 0 Å². The fourth-order valence-corrected chi connectivity index (χ4v) is 0.530. The third kappa shape index (κ3) is 22.6. The summed E-state index contributed by atoms with van der Waals surface area (Å²) in [6.07, 6.45) is 0.694. The second-order valence-electron chi connectivity index (χ2n) is 2.65. The molecular weight excluding hydrogens is 371 g/mol. The minimum Gasteiger partial charge on any atom is -0.675 e. The maximum Gasteiger partial charge on any atom is 2.00 e. The molecule has 0 aromatic rings. The van der Waals surface area contributed by atoms with Gasteiger partial charge in [0, 0.05) is 0 Å². The summed E-state index contributed by atoms with van der Waals surface area (Å²) in [5, 5.41) is 14.8. The molecule has 0 bridgehead atoms. The van der Waals surface area contributed by atoms with Gasteiger partial charge in [-0.25, -0.2) is 9.59 Å². The second kappa shape index (κ2) is 10.6. The Morgan fingerprint density at radius 1 is 1.07 bits per heavy atom. The predicted molar refractivity (Wildman–Crippen MR) is 47.5 cm³/mol. The Morgan fingerprint density at radius 3 is 1.29 bits per heavy atom. The van der Waals surface area contributed by atoms with Crippen LogP contribution >= 0.6 is 0 Å². The van der Waals surface area contributed by atoms with Gasteiger partial charge in [0.2, 0.25) is 0 Å². The number of rotatable bonds is 2. The average molecular weight is 385 g/mol. The third-order valence-electron chi connectivity index (χ3n) is 0.890. The minimum atomic E-state index is -1.82. The van der Waals surface area contributed by atoms with E-state index in [1.54, 1.807) is 0 Å². The van der Waals surface area contributed by atoms with Gasteiger partial charge in [0.1, 0.15) is 0 Å². The Hall–Kier alpha value is -0.452. The quantitative estimate of drug-likeness (QED) is 0.698. The van der Waals surface area contributed by atoms with E-state index in [9.17, 15) is 0 Å². The SMILES string of the molecule is CC([NH-])CC(C)[NH-].O=C(O)C(=O)O.[Pt+2]. The molecule has 86 valence electrons. The summed E-state index contributed by atoms with van der Waals surface area (Å²) < 4.78 is 0. The van der Waals surface area contributed by atoms with Crippen molar-refractivity contribution in [2.75, 3.05) is 0 Å². The van der Waals surface area contributed by atoms with Gasteiger partial charge in [0.05, 0.1) is 0 Å². The molecule has 0 spiro atoms. The molecule has 0 rings (SSSR count). The molecule has 0 saturated carbocycles. The van der Waals surface area contributed by atoms with Crippen molar-refractivity contribution in [3.8, 4) is 0 Å². The van der Waals surface area contributed by atoms with Gasteiger partial charge in [0.15, 0.2) is 0 Å². The van der Waals surface area contributed by atoms with E-state index in [1.807, 2.05) is 13.8 Å². The average Bonchev–Trinajstić information content (AvgIpc) is 1.84. The van der Waals surface area contributed by atoms with Gasteiger partial charge in [-0.2, -0.15) is 0 Å². The normalized spacial score (nSPS) is 12.6. The Kier molecular flexibility index (Phi) is 14.6. The largest absolute Gasteiger partial charge is 2.00 e. The number of carboxylic acids is 2. The molecule has 0 amide bonds. The monoisotopic (exact) mass is 385 g/mol. The molecule has 0 aliphatic rings. The fourth-order valence-electron chi connectivity index (χ4n) is 0.530. The van der Waals surface area contributed by atoms with E-state index in [0.29, 0.717) is 6.42 Å². The Morgan fingerprint density at radius 2 is 1.29 bits per heavy atom. The summed E-state index contributed by atoms with van der Waals surface area (Å²) in [6.45, 7) is 3.62. The maximum atomic E-state index is 9.10. The van der Waals surface area contributed by atoms with Crippen LogP contribution in [0.1, 0.15) is 20.3 Å². The van der Waals surface area contributed by atoms with E-state index in [2.05, 4.69) is 0 Å². The van der Waals surface area contributed by atoms with E-state index in [1.165, 1.54) is 0 Å². The van der Waals surface area contributed by atoms with Crippen molar-refractivity contribution < 1.29 is 40.9 Å². The first kappa shape index (κ1) is 19.2. The smallest absolute Gasteiger partial charge is 0.675 e. The Bertz CT molecular complexity index is 155. The predicted octanol–water partition coefficient (Wildman–Crippen LogP) is 1.41. The number of hydrogen-bond donors (Lipinski definition) is 2. The number of nitrogens with one attached hydrogen (secondary N) is 2. The van der Waals surface area contributed by atoms with Crippen LogP contribution in [-0.4, -0.2) is 34.2 Å². The number of hydrogen-bond acceptors (Lipinski definition) is 2. The Balaban J connectivity index is -0.000000163. The van der Waals surface area contributed by atoms with Crippen molar-refractivity contribution in [1.29, 1.82) is 0 Å². The summed E-state index contributed by atoms with van der Waals surface area (Å²) in [5.74, 6) is -3.65. The molecule has 2 atom stereocenters. The zero-order valence-electron chi connectivity index (χ0n) is 7.89. The summed E-state index contributed by atoms with van der Waals surface area (Å²) in [5.41, 5.74) is 14.0. The zero-order valence-corrected chi connectivity index (χ0v) is 10.2. The molecular formula is C7H14N2O4Pt. The van der Waals surface area contributed by atoms with E-state index < -0.39 is 11.9 Å². The zero-order chi connectivity index (χ0) is 11.0. The first-order chi connectivity index (χ1) is 5.77. The molecule has 0 aromatic carbocycles. The standard InChI is InChI=1S/C5H12N2.C2H2O4.Pt/c1-4(6)3-5(2)7;3-1(4)2(5)6;/h4-7H,3H2,1-2H3;(H,3,4)(H,5,6);/q-2;;+2. The molecule has 4 N–H and O–H groups in total. The van der Waals surface area contributed by atoms with Crippen molar-refractivity contribution in [3.63, 3.8) is 0 Å². The van der Waals surface area contributed by atoms with Crippen LogP contribution in [0.4, 0.5) is 0 Å². The summed E-state index contributed by atoms with van der Waals surface area (Å²) in [6, 6.07) is -0.125. The number of aliphatic carboxylic acids is 2. The summed E-state index contributed by atoms with van der Waals surface area (Å²) in [4.78, 5) is 18.2. The molecule has 7 heteroatoms. The first-order valence-electron chi connectivity index (χ1n) is 3.65. The van der Waals surface area contributed by atoms with Crippen LogP contribution in [0.15, 0.2) is 0 Å². The van der Waals surface area contributed by atoms with E-state index in [-0.39, 0.29) is 33.1 Å². The van der Waals surface area contributed by atoms with E-state index >= 15 is 0 Å². The molecule has 0 aromatic heterocycles. The fraction of sp³-hybridized carbons (Fsp3) is 0.714. The molecule has 0 radical (unpaired) electrons. The minimum absolute atomic E-state index is 0. The van der Waals surface area contributed by atoms with Gasteiger partial charge in [-0.15, -0.1) is 12.1 Å². The maximum absolute atomic E-state index is 9.10. The molecule has 2 unspecified atom stereocenters. The van der Waals surface area contributed by atoms with Gasteiger partial charge in [-0.05, 0) is 0 Å². The van der Waals surface area contributed by atoms with Gasteiger partial charge in [-0.3, -0.25) is 0 Å². The molecule has 0 saturated heterocycles. The second-order valence-corrected chi connectivity index (χ2v) is 2.65. The van der Waals surface area contributed by atoms with Crippen LogP contribution in [0.25, 0.3) is 11.5 Å². The molecule has 0 fully saturated rings. The Labute approximate surface area is 96.9 Å². The third-order valence-corrected chi connectivity index (χ3v) is 0.890. The van der Waals surface area contributed by atoms with Gasteiger partial charge in [-0.1, -0.05) is 20.3 Å². The van der Waals surface area contributed by atoms with E-state index in [4.69, 9.17) is 31.3 Å². The van der Waals surface area contributed by atoms with Crippen LogP contribution in [-0.2, 0) is 30.7 Å². The van der Waals surface area contributed by atoms with E-state index in [0.717, 1.165) is 0 Å². The van der Waals surface area contributed by atoms with Gasteiger partial charge < -0.3 is 21.7 Å². The van der Waals surface area contributed by atoms with Crippen LogP contribution in [0, 0.1) is 0 Å². The van der Waals surface area contributed by atoms with Crippen LogP contribution in [0.2, 0.25) is 0 Å². The van der Waals surface area contributed by atoms with Crippen LogP contribution < -0.4 is 0 Å². The molecule has 6 nitrogen and oxygen atoms in total. The van der Waals surface area contributed by atoms with Crippen molar-refractivity contribution >= 4 is 11.9 Å². The molecule has 14 heavy (non-hydrogen) atoms. The summed E-state index contributed by atoms with van der Waals surface area (Å²) >= 11 is 0. The van der Waals surface area contributed by atoms with Crippen molar-refractivity contribution in [3.05, 3.63) is 11.5 Å². The van der Waals surface area contributed by atoms with Crippen LogP contribution in [0.5, 0.6) is 0 Å². The first-order valence-corrected chi connectivity index (χ1v) is 3.65. The van der Waals surface area contributed by atoms with Crippen molar-refractivity contribution in [1.82, 2.24) is 0 Å².